The Morgan fingerprint density at radius 3 is 2.25 bits per heavy atom. The maximum absolute atomic E-state index is 13.3. The Balaban J connectivity index is 2.11. The Bertz CT molecular complexity index is 611. The van der Waals surface area contributed by atoms with Gasteiger partial charge in [-0.3, -0.25) is 0 Å². The second kappa shape index (κ2) is 6.53. The summed E-state index contributed by atoms with van der Waals surface area (Å²) in [6.45, 7) is 0.502. The number of halogens is 4. The number of benzene rings is 2. The highest BCUT2D eigenvalue weighted by atomic mass is 35.5. The molecule has 2 aromatic carbocycles. The zero-order valence-electron chi connectivity index (χ0n) is 10.5. The Labute approximate surface area is 131 Å². The number of ether oxygens (including phenoxy) is 1. The summed E-state index contributed by atoms with van der Waals surface area (Å²) >= 11 is 17.5. The average Bonchev–Trinajstić information content (AvgIpc) is 2.42. The fraction of sp³-hybridized carbons (Fsp3) is 0.143. The van der Waals surface area contributed by atoms with Crippen LogP contribution < -0.4 is 10.1 Å². The molecule has 0 aliphatic heterocycles. The number of rotatable bonds is 4. The quantitative estimate of drug-likeness (QED) is 0.755. The molecule has 6 heteroatoms. The molecule has 106 valence electrons. The summed E-state index contributed by atoms with van der Waals surface area (Å²) in [5.41, 5.74) is 1.58. The van der Waals surface area contributed by atoms with E-state index in [4.69, 9.17) is 39.5 Å². The van der Waals surface area contributed by atoms with Crippen molar-refractivity contribution in [3.63, 3.8) is 0 Å². The zero-order chi connectivity index (χ0) is 14.7. The van der Waals surface area contributed by atoms with E-state index >= 15 is 0 Å². The van der Waals surface area contributed by atoms with Crippen LogP contribution in [0.25, 0.3) is 0 Å². The first-order valence-electron chi connectivity index (χ1n) is 5.72. The molecule has 0 saturated carbocycles. The van der Waals surface area contributed by atoms with E-state index in [1.54, 1.807) is 19.2 Å². The minimum Gasteiger partial charge on any atom is -0.495 e. The summed E-state index contributed by atoms with van der Waals surface area (Å²) in [7, 11) is 1.56. The Morgan fingerprint density at radius 2 is 1.70 bits per heavy atom. The van der Waals surface area contributed by atoms with Gasteiger partial charge in [-0.1, -0.05) is 40.9 Å². The maximum atomic E-state index is 13.3. The first-order chi connectivity index (χ1) is 9.51. The molecular formula is C14H11Cl3FNO. The SMILES string of the molecule is COc1ccc(CNc2cc(Cl)c(F)c(Cl)c2)cc1Cl. The smallest absolute Gasteiger partial charge is 0.160 e. The van der Waals surface area contributed by atoms with Gasteiger partial charge in [-0.25, -0.2) is 4.39 Å². The van der Waals surface area contributed by atoms with Gasteiger partial charge in [0.05, 0.1) is 22.2 Å². The molecule has 0 amide bonds. The molecule has 0 radical (unpaired) electrons. The van der Waals surface area contributed by atoms with Gasteiger partial charge in [0.25, 0.3) is 0 Å². The molecule has 0 unspecified atom stereocenters. The van der Waals surface area contributed by atoms with Gasteiger partial charge in [0.2, 0.25) is 0 Å². The monoisotopic (exact) mass is 333 g/mol. The molecule has 0 atom stereocenters. The van der Waals surface area contributed by atoms with Gasteiger partial charge in [0.1, 0.15) is 5.75 Å². The van der Waals surface area contributed by atoms with Crippen molar-refractivity contribution in [2.45, 2.75) is 6.54 Å². The fourth-order valence-corrected chi connectivity index (χ4v) is 2.45. The molecule has 0 bridgehead atoms. The molecule has 0 aliphatic rings. The molecule has 0 heterocycles. The van der Waals surface area contributed by atoms with Gasteiger partial charge in [0, 0.05) is 12.2 Å². The molecule has 0 fully saturated rings. The minimum absolute atomic E-state index is 0.0206. The summed E-state index contributed by atoms with van der Waals surface area (Å²) in [5.74, 6) is -0.00494. The average molecular weight is 335 g/mol. The number of anilines is 1. The molecule has 0 aliphatic carbocycles. The third-order valence-corrected chi connectivity index (χ3v) is 3.54. The lowest BCUT2D eigenvalue weighted by Crippen LogP contribution is -2.00. The van der Waals surface area contributed by atoms with Gasteiger partial charge >= 0.3 is 0 Å². The second-order valence-corrected chi connectivity index (χ2v) is 5.30. The van der Waals surface area contributed by atoms with Crippen molar-refractivity contribution in [2.24, 2.45) is 0 Å². The van der Waals surface area contributed by atoms with E-state index in [2.05, 4.69) is 5.32 Å². The van der Waals surface area contributed by atoms with Crippen LogP contribution in [0.1, 0.15) is 5.56 Å². The minimum atomic E-state index is -0.619. The van der Waals surface area contributed by atoms with Gasteiger partial charge in [-0.15, -0.1) is 0 Å². The highest BCUT2D eigenvalue weighted by Gasteiger charge is 2.08. The second-order valence-electron chi connectivity index (χ2n) is 4.08. The number of hydrogen-bond acceptors (Lipinski definition) is 2. The summed E-state index contributed by atoms with van der Waals surface area (Å²) in [6.07, 6.45) is 0. The zero-order valence-corrected chi connectivity index (χ0v) is 12.8. The van der Waals surface area contributed by atoms with Crippen molar-refractivity contribution >= 4 is 40.5 Å². The molecule has 2 rings (SSSR count). The highest BCUT2D eigenvalue weighted by Crippen LogP contribution is 2.28. The van der Waals surface area contributed by atoms with Gasteiger partial charge < -0.3 is 10.1 Å². The molecule has 20 heavy (non-hydrogen) atoms. The molecule has 0 aromatic heterocycles. The largest absolute Gasteiger partial charge is 0.495 e. The molecule has 0 spiro atoms. The summed E-state index contributed by atoms with van der Waals surface area (Å²) in [5, 5.41) is 3.59. The van der Waals surface area contributed by atoms with Crippen LogP contribution in [0, 0.1) is 5.82 Å². The first-order valence-corrected chi connectivity index (χ1v) is 6.85. The van der Waals surface area contributed by atoms with E-state index < -0.39 is 5.82 Å². The summed E-state index contributed by atoms with van der Waals surface area (Å²) < 4.78 is 18.4. The lowest BCUT2D eigenvalue weighted by Gasteiger charge is -2.10. The highest BCUT2D eigenvalue weighted by molar-refractivity contribution is 6.35. The Hall–Kier alpha value is -1.16. The van der Waals surface area contributed by atoms with Crippen LogP contribution in [0.2, 0.25) is 15.1 Å². The predicted molar refractivity (Wildman–Crippen MR) is 81.8 cm³/mol. The summed E-state index contributed by atoms with van der Waals surface area (Å²) in [6, 6.07) is 8.41. The molecular weight excluding hydrogens is 324 g/mol. The van der Waals surface area contributed by atoms with Crippen molar-refractivity contribution in [3.8, 4) is 5.75 Å². The van der Waals surface area contributed by atoms with Crippen LogP contribution in [0.3, 0.4) is 0 Å². The molecule has 0 saturated heterocycles. The van der Waals surface area contributed by atoms with Crippen LogP contribution in [-0.4, -0.2) is 7.11 Å². The number of hydrogen-bond donors (Lipinski definition) is 1. The van der Waals surface area contributed by atoms with E-state index in [0.717, 1.165) is 5.56 Å². The number of methoxy groups -OCH3 is 1. The van der Waals surface area contributed by atoms with Crippen LogP contribution in [0.5, 0.6) is 5.75 Å². The van der Waals surface area contributed by atoms with E-state index in [0.29, 0.717) is 23.0 Å². The maximum Gasteiger partial charge on any atom is 0.160 e. The van der Waals surface area contributed by atoms with Crippen molar-refractivity contribution in [1.82, 2.24) is 0 Å². The topological polar surface area (TPSA) is 21.3 Å². The van der Waals surface area contributed by atoms with Gasteiger partial charge in [-0.2, -0.15) is 0 Å². The van der Waals surface area contributed by atoms with Crippen LogP contribution in [0.15, 0.2) is 30.3 Å². The fourth-order valence-electron chi connectivity index (χ4n) is 1.68. The number of nitrogens with one attached hydrogen (secondary N) is 1. The van der Waals surface area contributed by atoms with Crippen LogP contribution >= 0.6 is 34.8 Å². The summed E-state index contributed by atoms with van der Waals surface area (Å²) in [4.78, 5) is 0. The Morgan fingerprint density at radius 1 is 1.05 bits per heavy atom. The Kier molecular flexibility index (Phi) is 4.97. The van der Waals surface area contributed by atoms with Crippen LogP contribution in [0.4, 0.5) is 10.1 Å². The van der Waals surface area contributed by atoms with Gasteiger partial charge in [0.15, 0.2) is 5.82 Å². The van der Waals surface area contributed by atoms with E-state index in [1.807, 2.05) is 6.07 Å². The first kappa shape index (κ1) is 15.2. The van der Waals surface area contributed by atoms with E-state index in [-0.39, 0.29) is 10.0 Å². The third kappa shape index (κ3) is 3.48. The van der Waals surface area contributed by atoms with Crippen LogP contribution in [-0.2, 0) is 6.54 Å². The molecule has 1 N–H and O–H groups in total. The van der Waals surface area contributed by atoms with E-state index in [9.17, 15) is 4.39 Å². The normalized spacial score (nSPS) is 10.4. The van der Waals surface area contributed by atoms with Crippen molar-refractivity contribution in [3.05, 3.63) is 56.8 Å². The van der Waals surface area contributed by atoms with Crippen molar-refractivity contribution in [1.29, 1.82) is 0 Å². The molecule has 2 aromatic rings. The lowest BCUT2D eigenvalue weighted by molar-refractivity contribution is 0.415. The van der Waals surface area contributed by atoms with Gasteiger partial charge in [-0.05, 0) is 29.8 Å². The molecule has 2 nitrogen and oxygen atoms in total. The standard InChI is InChI=1S/C14H11Cl3FNO/c1-20-13-3-2-8(4-10(13)15)7-19-9-5-11(16)14(18)12(17)6-9/h2-6,19H,7H2,1H3. The third-order valence-electron chi connectivity index (χ3n) is 2.70. The predicted octanol–water partition coefficient (Wildman–Crippen LogP) is 5.41. The lowest BCUT2D eigenvalue weighted by atomic mass is 10.2. The van der Waals surface area contributed by atoms with E-state index in [1.165, 1.54) is 12.1 Å². The van der Waals surface area contributed by atoms with Crippen molar-refractivity contribution < 1.29 is 9.13 Å². The van der Waals surface area contributed by atoms with Crippen molar-refractivity contribution in [2.75, 3.05) is 12.4 Å².